The standard InChI is InChI=1S/C26H31N7O3/c1-5-6-14-32-21-22(29-24(32)31-13-9-10-17(27)15-31)30(4)25(35)33(23(21)34)16-20-28-19-12-8-7-11-18(19)26(2,3)36-20/h7-8,11-12,17H,9-10,13-16,27H2,1-4H3. The van der Waals surface area contributed by atoms with E-state index < -0.39 is 16.9 Å². The van der Waals surface area contributed by atoms with Gasteiger partial charge >= 0.3 is 5.69 Å². The lowest BCUT2D eigenvalue weighted by Gasteiger charge is -2.32. The highest BCUT2D eigenvalue weighted by Crippen LogP contribution is 2.37. The highest BCUT2D eigenvalue weighted by atomic mass is 16.5. The zero-order valence-electron chi connectivity index (χ0n) is 21.1. The zero-order chi connectivity index (χ0) is 25.6. The summed E-state index contributed by atoms with van der Waals surface area (Å²) < 4.78 is 10.5. The van der Waals surface area contributed by atoms with Crippen LogP contribution >= 0.6 is 0 Å². The first-order chi connectivity index (χ1) is 17.2. The van der Waals surface area contributed by atoms with E-state index in [2.05, 4.69) is 21.7 Å². The van der Waals surface area contributed by atoms with Crippen LogP contribution in [0.5, 0.6) is 0 Å². The molecule has 2 aromatic heterocycles. The van der Waals surface area contributed by atoms with Gasteiger partial charge in [-0.15, -0.1) is 5.92 Å². The van der Waals surface area contributed by atoms with E-state index in [0.29, 0.717) is 29.6 Å². The van der Waals surface area contributed by atoms with Crippen molar-refractivity contribution in [2.45, 2.75) is 58.3 Å². The van der Waals surface area contributed by atoms with Gasteiger partial charge in [-0.25, -0.2) is 14.4 Å². The van der Waals surface area contributed by atoms with E-state index in [-0.39, 0.29) is 19.1 Å². The molecule has 188 valence electrons. The van der Waals surface area contributed by atoms with E-state index in [1.165, 1.54) is 4.57 Å². The van der Waals surface area contributed by atoms with Crippen LogP contribution in [0.15, 0.2) is 38.8 Å². The Hall–Kier alpha value is -3.84. The van der Waals surface area contributed by atoms with Crippen molar-refractivity contribution in [3.63, 3.8) is 0 Å². The van der Waals surface area contributed by atoms with Crippen molar-refractivity contribution in [2.24, 2.45) is 17.8 Å². The molecule has 0 amide bonds. The number of piperidine rings is 1. The molecular weight excluding hydrogens is 458 g/mol. The SMILES string of the molecule is CC#CCn1c(N2CCCC(N)C2)nc2c1c(=O)n(CC1=Nc3ccccc3C(C)(C)O1)c(=O)n2C. The molecule has 0 spiro atoms. The highest BCUT2D eigenvalue weighted by Gasteiger charge is 2.32. The number of hydrogen-bond donors (Lipinski definition) is 1. The van der Waals surface area contributed by atoms with Gasteiger partial charge in [-0.3, -0.25) is 13.9 Å². The molecule has 1 saturated heterocycles. The van der Waals surface area contributed by atoms with E-state index in [4.69, 9.17) is 15.5 Å². The molecule has 0 saturated carbocycles. The second-order valence-corrected chi connectivity index (χ2v) is 9.81. The van der Waals surface area contributed by atoms with E-state index in [1.807, 2.05) is 38.1 Å². The average Bonchev–Trinajstić information content (AvgIpc) is 3.23. The molecule has 2 aliphatic rings. The second-order valence-electron chi connectivity index (χ2n) is 9.81. The molecule has 0 bridgehead atoms. The predicted molar refractivity (Wildman–Crippen MR) is 140 cm³/mol. The maximum absolute atomic E-state index is 13.8. The third-order valence-electron chi connectivity index (χ3n) is 6.83. The molecule has 1 aromatic carbocycles. The summed E-state index contributed by atoms with van der Waals surface area (Å²) in [4.78, 5) is 38.6. The van der Waals surface area contributed by atoms with Crippen LogP contribution in [-0.2, 0) is 30.5 Å². The Kier molecular flexibility index (Phi) is 5.96. The smallest absolute Gasteiger partial charge is 0.332 e. The molecule has 5 rings (SSSR count). The number of imidazole rings is 1. The number of anilines is 1. The zero-order valence-corrected chi connectivity index (χ0v) is 21.1. The Morgan fingerprint density at radius 3 is 2.75 bits per heavy atom. The Morgan fingerprint density at radius 2 is 2.00 bits per heavy atom. The number of rotatable bonds is 4. The summed E-state index contributed by atoms with van der Waals surface area (Å²) in [6, 6.07) is 7.73. The number of aliphatic imine (C=N–C) groups is 1. The fraction of sp³-hybridized carbons (Fsp3) is 0.462. The Labute approximate surface area is 209 Å². The Morgan fingerprint density at radius 1 is 1.22 bits per heavy atom. The van der Waals surface area contributed by atoms with Crippen LogP contribution in [0.4, 0.5) is 11.6 Å². The van der Waals surface area contributed by atoms with Crippen molar-refractivity contribution in [1.29, 1.82) is 0 Å². The molecule has 0 radical (unpaired) electrons. The van der Waals surface area contributed by atoms with Crippen LogP contribution in [0, 0.1) is 11.8 Å². The normalized spacial score (nSPS) is 18.8. The summed E-state index contributed by atoms with van der Waals surface area (Å²) in [5.74, 6) is 6.85. The summed E-state index contributed by atoms with van der Waals surface area (Å²) in [5, 5.41) is 0. The van der Waals surface area contributed by atoms with Crippen LogP contribution in [0.1, 0.15) is 39.2 Å². The maximum Gasteiger partial charge on any atom is 0.332 e. The van der Waals surface area contributed by atoms with Crippen molar-refractivity contribution >= 4 is 28.7 Å². The van der Waals surface area contributed by atoms with Gasteiger partial charge in [0.15, 0.2) is 11.2 Å². The van der Waals surface area contributed by atoms with Gasteiger partial charge in [0.1, 0.15) is 12.1 Å². The lowest BCUT2D eigenvalue weighted by atomic mass is 9.95. The molecule has 1 unspecified atom stereocenters. The first kappa shape index (κ1) is 23.9. The lowest BCUT2D eigenvalue weighted by Crippen LogP contribution is -2.44. The van der Waals surface area contributed by atoms with Crippen molar-refractivity contribution < 1.29 is 4.74 Å². The third-order valence-corrected chi connectivity index (χ3v) is 6.83. The van der Waals surface area contributed by atoms with Crippen LogP contribution in [0.2, 0.25) is 0 Å². The van der Waals surface area contributed by atoms with Crippen molar-refractivity contribution in [3.05, 3.63) is 50.7 Å². The predicted octanol–water partition coefficient (Wildman–Crippen LogP) is 1.84. The molecule has 10 heteroatoms. The topological polar surface area (TPSA) is 113 Å². The summed E-state index contributed by atoms with van der Waals surface area (Å²) in [6.45, 7) is 7.23. The van der Waals surface area contributed by atoms with E-state index >= 15 is 0 Å². The number of para-hydroxylation sites is 1. The fourth-order valence-electron chi connectivity index (χ4n) is 5.03. The van der Waals surface area contributed by atoms with Crippen molar-refractivity contribution in [1.82, 2.24) is 18.7 Å². The third kappa shape index (κ3) is 3.99. The summed E-state index contributed by atoms with van der Waals surface area (Å²) in [6.07, 6.45) is 1.87. The summed E-state index contributed by atoms with van der Waals surface area (Å²) in [5.41, 5.74) is 7.00. The minimum Gasteiger partial charge on any atom is -0.468 e. The van der Waals surface area contributed by atoms with Gasteiger partial charge < -0.3 is 15.4 Å². The molecule has 10 nitrogen and oxygen atoms in total. The Bertz CT molecular complexity index is 1550. The van der Waals surface area contributed by atoms with Gasteiger partial charge in [-0.2, -0.15) is 4.98 Å². The van der Waals surface area contributed by atoms with Crippen LogP contribution in [-0.4, -0.2) is 43.7 Å². The number of aromatic nitrogens is 4. The van der Waals surface area contributed by atoms with Crippen LogP contribution in [0.3, 0.4) is 0 Å². The number of hydrogen-bond acceptors (Lipinski definition) is 7. The molecule has 0 aliphatic carbocycles. The minimum atomic E-state index is -0.648. The van der Waals surface area contributed by atoms with Gasteiger partial charge in [-0.1, -0.05) is 24.1 Å². The van der Waals surface area contributed by atoms with Gasteiger partial charge in [-0.05, 0) is 39.7 Å². The first-order valence-corrected chi connectivity index (χ1v) is 12.2. The summed E-state index contributed by atoms with van der Waals surface area (Å²) in [7, 11) is 1.62. The van der Waals surface area contributed by atoms with Crippen molar-refractivity contribution in [2.75, 3.05) is 18.0 Å². The van der Waals surface area contributed by atoms with E-state index in [0.717, 1.165) is 35.2 Å². The average molecular weight is 490 g/mol. The molecule has 2 N–H and O–H groups in total. The minimum absolute atomic E-state index is 0.0254. The van der Waals surface area contributed by atoms with Gasteiger partial charge in [0.05, 0.1) is 12.2 Å². The first-order valence-electron chi connectivity index (χ1n) is 12.2. The van der Waals surface area contributed by atoms with Crippen LogP contribution < -0.4 is 21.9 Å². The van der Waals surface area contributed by atoms with Gasteiger partial charge in [0.2, 0.25) is 11.8 Å². The van der Waals surface area contributed by atoms with Crippen LogP contribution in [0.25, 0.3) is 11.2 Å². The van der Waals surface area contributed by atoms with Crippen molar-refractivity contribution in [3.8, 4) is 11.8 Å². The number of ether oxygens (including phenoxy) is 1. The number of nitrogens with two attached hydrogens (primary N) is 1. The van der Waals surface area contributed by atoms with Gasteiger partial charge in [0.25, 0.3) is 5.56 Å². The molecule has 4 heterocycles. The number of nitrogens with zero attached hydrogens (tertiary/aromatic N) is 6. The lowest BCUT2D eigenvalue weighted by molar-refractivity contribution is 0.0845. The van der Waals surface area contributed by atoms with E-state index in [9.17, 15) is 9.59 Å². The number of aryl methyl sites for hydroxylation is 1. The monoisotopic (exact) mass is 489 g/mol. The molecule has 2 aliphatic heterocycles. The molecule has 1 fully saturated rings. The Balaban J connectivity index is 1.66. The van der Waals surface area contributed by atoms with Gasteiger partial charge in [0, 0.05) is 31.7 Å². The number of fused-ring (bicyclic) bond motifs is 2. The number of benzene rings is 1. The fourth-order valence-corrected chi connectivity index (χ4v) is 5.03. The molecule has 3 aromatic rings. The quantitative estimate of drug-likeness (QED) is 0.560. The largest absolute Gasteiger partial charge is 0.468 e. The highest BCUT2D eigenvalue weighted by molar-refractivity contribution is 5.83. The van der Waals surface area contributed by atoms with E-state index in [1.54, 1.807) is 18.5 Å². The summed E-state index contributed by atoms with van der Waals surface area (Å²) >= 11 is 0. The maximum atomic E-state index is 13.8. The second kappa shape index (κ2) is 8.99. The molecule has 1 atom stereocenters. The molecular formula is C26H31N7O3. The molecule has 36 heavy (non-hydrogen) atoms.